The fraction of sp³-hybridized carbons (Fsp3) is 0.833. The lowest BCUT2D eigenvalue weighted by Gasteiger charge is -2.15. The molecule has 2 unspecified atom stereocenters. The second-order valence-corrected chi connectivity index (χ2v) is 4.48. The van der Waals surface area contributed by atoms with Gasteiger partial charge in [-0.1, -0.05) is 33.6 Å². The van der Waals surface area contributed by atoms with Gasteiger partial charge in [0.2, 0.25) is 0 Å². The third-order valence-electron chi connectivity index (χ3n) is 2.90. The zero-order valence-corrected chi connectivity index (χ0v) is 11.0. The largest absolute Gasteiger partial charge is 0.481 e. The van der Waals surface area contributed by atoms with Gasteiger partial charge < -0.3 is 15.7 Å². The van der Waals surface area contributed by atoms with Gasteiger partial charge in [0.25, 0.3) is 0 Å². The summed E-state index contributed by atoms with van der Waals surface area (Å²) in [4.78, 5) is 21.9. The van der Waals surface area contributed by atoms with Gasteiger partial charge >= 0.3 is 12.0 Å². The molecule has 0 rings (SSSR count). The first-order chi connectivity index (χ1) is 7.99. The van der Waals surface area contributed by atoms with Gasteiger partial charge in [0.05, 0.1) is 0 Å². The third kappa shape index (κ3) is 8.54. The van der Waals surface area contributed by atoms with Crippen LogP contribution < -0.4 is 10.6 Å². The molecule has 0 bridgehead atoms. The van der Waals surface area contributed by atoms with E-state index in [1.54, 1.807) is 0 Å². The summed E-state index contributed by atoms with van der Waals surface area (Å²) in [5.41, 5.74) is 0. The maximum absolute atomic E-state index is 11.4. The van der Waals surface area contributed by atoms with E-state index in [1.165, 1.54) is 0 Å². The van der Waals surface area contributed by atoms with E-state index < -0.39 is 5.97 Å². The van der Waals surface area contributed by atoms with Crippen LogP contribution >= 0.6 is 0 Å². The first-order valence-corrected chi connectivity index (χ1v) is 6.23. The first-order valence-electron chi connectivity index (χ1n) is 6.23. The average Bonchev–Trinajstić information content (AvgIpc) is 2.30. The van der Waals surface area contributed by atoms with Gasteiger partial charge in [-0.25, -0.2) is 4.79 Å². The number of hydrogen-bond acceptors (Lipinski definition) is 2. The summed E-state index contributed by atoms with van der Waals surface area (Å²) >= 11 is 0. The zero-order chi connectivity index (χ0) is 13.3. The molecule has 0 aliphatic heterocycles. The smallest absolute Gasteiger partial charge is 0.314 e. The Labute approximate surface area is 103 Å². The summed E-state index contributed by atoms with van der Waals surface area (Å²) < 4.78 is 0. The predicted octanol–water partition coefficient (Wildman–Crippen LogP) is 1.83. The number of rotatable bonds is 8. The number of nitrogens with one attached hydrogen (secondary N) is 2. The molecule has 0 saturated carbocycles. The topological polar surface area (TPSA) is 78.4 Å². The van der Waals surface area contributed by atoms with Crippen LogP contribution in [0.25, 0.3) is 0 Å². The number of urea groups is 1. The highest BCUT2D eigenvalue weighted by Gasteiger charge is 2.12. The van der Waals surface area contributed by atoms with Crippen molar-refractivity contribution in [3.63, 3.8) is 0 Å². The molecule has 0 aromatic carbocycles. The van der Waals surface area contributed by atoms with Crippen LogP contribution in [0, 0.1) is 11.8 Å². The standard InChI is InChI=1S/C12H24N2O3/c1-4-9(3)7-13-12(17)14-8-10(5-2)6-11(15)16/h9-10H,4-8H2,1-3H3,(H,15,16)(H2,13,14,17). The molecule has 0 aliphatic carbocycles. The van der Waals surface area contributed by atoms with E-state index in [-0.39, 0.29) is 18.4 Å². The molecule has 17 heavy (non-hydrogen) atoms. The summed E-state index contributed by atoms with van der Waals surface area (Å²) in [5.74, 6) is -0.359. The molecule has 3 N–H and O–H groups in total. The van der Waals surface area contributed by atoms with Gasteiger partial charge in [-0.05, 0) is 11.8 Å². The van der Waals surface area contributed by atoms with Gasteiger partial charge in [-0.15, -0.1) is 0 Å². The highest BCUT2D eigenvalue weighted by atomic mass is 16.4. The Morgan fingerprint density at radius 2 is 1.71 bits per heavy atom. The molecule has 0 spiro atoms. The zero-order valence-electron chi connectivity index (χ0n) is 11.0. The number of hydrogen-bond donors (Lipinski definition) is 3. The van der Waals surface area contributed by atoms with Crippen molar-refractivity contribution in [3.8, 4) is 0 Å². The van der Waals surface area contributed by atoms with E-state index >= 15 is 0 Å². The molecule has 0 aliphatic rings. The summed E-state index contributed by atoms with van der Waals surface area (Å²) in [5, 5.41) is 14.1. The lowest BCUT2D eigenvalue weighted by atomic mass is 10.0. The summed E-state index contributed by atoms with van der Waals surface area (Å²) in [7, 11) is 0. The Balaban J connectivity index is 3.77. The minimum atomic E-state index is -0.821. The Morgan fingerprint density at radius 3 is 2.18 bits per heavy atom. The van der Waals surface area contributed by atoms with E-state index in [0.717, 1.165) is 12.8 Å². The number of aliphatic carboxylic acids is 1. The van der Waals surface area contributed by atoms with Crippen LogP contribution in [0.1, 0.15) is 40.0 Å². The maximum Gasteiger partial charge on any atom is 0.314 e. The predicted molar refractivity (Wildman–Crippen MR) is 66.9 cm³/mol. The number of carboxylic acids is 1. The van der Waals surface area contributed by atoms with Crippen molar-refractivity contribution < 1.29 is 14.7 Å². The third-order valence-corrected chi connectivity index (χ3v) is 2.90. The molecule has 0 saturated heterocycles. The van der Waals surface area contributed by atoms with Gasteiger partial charge in [0.15, 0.2) is 0 Å². The molecule has 0 aromatic rings. The molecule has 5 heteroatoms. The first kappa shape index (κ1) is 15.7. The summed E-state index contributed by atoms with van der Waals surface area (Å²) in [6.45, 7) is 7.13. The summed E-state index contributed by atoms with van der Waals surface area (Å²) in [6, 6.07) is -0.214. The van der Waals surface area contributed by atoms with E-state index in [1.807, 2.05) is 6.92 Å². The molecule has 100 valence electrons. The van der Waals surface area contributed by atoms with Crippen molar-refractivity contribution in [3.05, 3.63) is 0 Å². The molecule has 0 radical (unpaired) electrons. The van der Waals surface area contributed by atoms with Gasteiger partial charge in [0.1, 0.15) is 0 Å². The number of carbonyl (C=O) groups excluding carboxylic acids is 1. The minimum absolute atomic E-state index is 0.00171. The van der Waals surface area contributed by atoms with E-state index in [9.17, 15) is 9.59 Å². The van der Waals surface area contributed by atoms with E-state index in [4.69, 9.17) is 5.11 Å². The van der Waals surface area contributed by atoms with Crippen molar-refractivity contribution in [1.29, 1.82) is 0 Å². The molecular weight excluding hydrogens is 220 g/mol. The van der Waals surface area contributed by atoms with Crippen LogP contribution in [0.15, 0.2) is 0 Å². The van der Waals surface area contributed by atoms with Crippen molar-refractivity contribution in [2.45, 2.75) is 40.0 Å². The Bertz CT molecular complexity index is 244. The van der Waals surface area contributed by atoms with Crippen LogP contribution in [0.5, 0.6) is 0 Å². The molecule has 0 heterocycles. The van der Waals surface area contributed by atoms with Gasteiger partial charge in [0, 0.05) is 19.5 Å². The van der Waals surface area contributed by atoms with E-state index in [2.05, 4.69) is 24.5 Å². The van der Waals surface area contributed by atoms with Crippen molar-refractivity contribution in [2.75, 3.05) is 13.1 Å². The van der Waals surface area contributed by atoms with Gasteiger partial charge in [-0.2, -0.15) is 0 Å². The molecular formula is C12H24N2O3. The Kier molecular flexibility index (Phi) is 8.19. The highest BCUT2D eigenvalue weighted by molar-refractivity contribution is 5.74. The highest BCUT2D eigenvalue weighted by Crippen LogP contribution is 2.06. The second-order valence-electron chi connectivity index (χ2n) is 4.48. The maximum atomic E-state index is 11.4. The average molecular weight is 244 g/mol. The SMILES string of the molecule is CCC(C)CNC(=O)NCC(CC)CC(=O)O. The minimum Gasteiger partial charge on any atom is -0.481 e. The Morgan fingerprint density at radius 1 is 1.12 bits per heavy atom. The van der Waals surface area contributed by atoms with Crippen LogP contribution in [0.2, 0.25) is 0 Å². The molecule has 2 atom stereocenters. The van der Waals surface area contributed by atoms with Crippen molar-refractivity contribution in [2.24, 2.45) is 11.8 Å². The normalized spacial score (nSPS) is 13.8. The summed E-state index contributed by atoms with van der Waals surface area (Å²) in [6.07, 6.45) is 1.87. The number of carbonyl (C=O) groups is 2. The molecule has 2 amide bonds. The second kappa shape index (κ2) is 8.84. The van der Waals surface area contributed by atoms with E-state index in [0.29, 0.717) is 19.0 Å². The lowest BCUT2D eigenvalue weighted by Crippen LogP contribution is -2.40. The van der Waals surface area contributed by atoms with Crippen molar-refractivity contribution in [1.82, 2.24) is 10.6 Å². The Hall–Kier alpha value is -1.26. The number of amides is 2. The fourth-order valence-electron chi connectivity index (χ4n) is 1.32. The lowest BCUT2D eigenvalue weighted by molar-refractivity contribution is -0.138. The van der Waals surface area contributed by atoms with Crippen LogP contribution in [-0.2, 0) is 4.79 Å². The van der Waals surface area contributed by atoms with Crippen LogP contribution in [0.3, 0.4) is 0 Å². The fourth-order valence-corrected chi connectivity index (χ4v) is 1.32. The van der Waals surface area contributed by atoms with Crippen LogP contribution in [-0.4, -0.2) is 30.2 Å². The van der Waals surface area contributed by atoms with Crippen LogP contribution in [0.4, 0.5) is 4.79 Å². The monoisotopic (exact) mass is 244 g/mol. The molecule has 0 aromatic heterocycles. The van der Waals surface area contributed by atoms with Crippen molar-refractivity contribution >= 4 is 12.0 Å². The quantitative estimate of drug-likeness (QED) is 0.609. The van der Waals surface area contributed by atoms with Gasteiger partial charge in [-0.3, -0.25) is 4.79 Å². The molecule has 5 nitrogen and oxygen atoms in total. The number of carboxylic acid groups (broad SMARTS) is 1. The molecule has 0 fully saturated rings.